The fraction of sp³-hybridized carbons (Fsp3) is 1.00. The van der Waals surface area contributed by atoms with Crippen LogP contribution in [-0.2, 0) is 0 Å². The standard InChI is InChI=1S/C10H23ClN2/c1-12(2)8-6-10-13(3)9-5-4-7-11/h4-10H2,1-3H3. The van der Waals surface area contributed by atoms with Crippen molar-refractivity contribution < 1.29 is 0 Å². The maximum absolute atomic E-state index is 5.61. The quantitative estimate of drug-likeness (QED) is 0.442. The molecule has 0 aliphatic carbocycles. The molecule has 0 aliphatic heterocycles. The molecule has 0 unspecified atom stereocenters. The third-order valence-electron chi connectivity index (χ3n) is 2.07. The molecule has 0 spiro atoms. The van der Waals surface area contributed by atoms with Gasteiger partial charge in [-0.15, -0.1) is 11.6 Å². The summed E-state index contributed by atoms with van der Waals surface area (Å²) in [6.07, 6.45) is 3.62. The summed E-state index contributed by atoms with van der Waals surface area (Å²) in [7, 11) is 6.42. The van der Waals surface area contributed by atoms with Crippen LogP contribution in [0.3, 0.4) is 0 Å². The van der Waals surface area contributed by atoms with Crippen molar-refractivity contribution in [1.82, 2.24) is 9.80 Å². The predicted molar refractivity (Wildman–Crippen MR) is 60.6 cm³/mol. The van der Waals surface area contributed by atoms with Gasteiger partial charge in [0.15, 0.2) is 0 Å². The molecule has 0 aliphatic rings. The third-order valence-corrected chi connectivity index (χ3v) is 2.34. The van der Waals surface area contributed by atoms with Crippen LogP contribution < -0.4 is 0 Å². The van der Waals surface area contributed by atoms with Crippen LogP contribution in [0.1, 0.15) is 19.3 Å². The van der Waals surface area contributed by atoms with Gasteiger partial charge in [0.2, 0.25) is 0 Å². The Morgan fingerprint density at radius 3 is 2.00 bits per heavy atom. The maximum atomic E-state index is 5.61. The van der Waals surface area contributed by atoms with E-state index in [0.717, 1.165) is 12.3 Å². The summed E-state index contributed by atoms with van der Waals surface area (Å²) in [5.74, 6) is 0.797. The predicted octanol–water partition coefficient (Wildman–Crippen LogP) is 1.89. The van der Waals surface area contributed by atoms with Crippen molar-refractivity contribution in [2.75, 3.05) is 46.7 Å². The molecular weight excluding hydrogens is 184 g/mol. The van der Waals surface area contributed by atoms with E-state index < -0.39 is 0 Å². The van der Waals surface area contributed by atoms with E-state index >= 15 is 0 Å². The Morgan fingerprint density at radius 1 is 0.846 bits per heavy atom. The van der Waals surface area contributed by atoms with Gasteiger partial charge in [-0.2, -0.15) is 0 Å². The minimum absolute atomic E-state index is 0.797. The van der Waals surface area contributed by atoms with Crippen molar-refractivity contribution in [3.8, 4) is 0 Å². The summed E-state index contributed by atoms with van der Waals surface area (Å²) in [6.45, 7) is 3.56. The van der Waals surface area contributed by atoms with Crippen molar-refractivity contribution in [2.24, 2.45) is 0 Å². The van der Waals surface area contributed by atoms with Gasteiger partial charge < -0.3 is 9.80 Å². The second kappa shape index (κ2) is 8.79. The van der Waals surface area contributed by atoms with E-state index in [1.165, 1.54) is 32.5 Å². The second-order valence-corrected chi connectivity index (χ2v) is 4.23. The molecule has 0 saturated heterocycles. The molecule has 0 aromatic carbocycles. The average Bonchev–Trinajstić information content (AvgIpc) is 2.04. The molecular formula is C10H23ClN2. The topological polar surface area (TPSA) is 6.48 Å². The van der Waals surface area contributed by atoms with Gasteiger partial charge in [0.1, 0.15) is 0 Å². The fourth-order valence-electron chi connectivity index (χ4n) is 1.24. The molecule has 0 bridgehead atoms. The van der Waals surface area contributed by atoms with Gasteiger partial charge in [-0.25, -0.2) is 0 Å². The molecule has 13 heavy (non-hydrogen) atoms. The van der Waals surface area contributed by atoms with Crippen LogP contribution in [0.5, 0.6) is 0 Å². The Morgan fingerprint density at radius 2 is 1.46 bits per heavy atom. The lowest BCUT2D eigenvalue weighted by atomic mass is 10.3. The highest BCUT2D eigenvalue weighted by Gasteiger charge is 1.97. The molecule has 80 valence electrons. The lowest BCUT2D eigenvalue weighted by molar-refractivity contribution is 0.297. The first-order chi connectivity index (χ1) is 6.16. The Kier molecular flexibility index (Phi) is 8.93. The van der Waals surface area contributed by atoms with E-state index in [2.05, 4.69) is 30.9 Å². The van der Waals surface area contributed by atoms with Crippen molar-refractivity contribution in [3.63, 3.8) is 0 Å². The lowest BCUT2D eigenvalue weighted by Gasteiger charge is -2.17. The molecule has 0 amide bonds. The normalized spacial score (nSPS) is 11.5. The van der Waals surface area contributed by atoms with Gasteiger partial charge in [-0.3, -0.25) is 0 Å². The molecule has 2 nitrogen and oxygen atoms in total. The zero-order valence-corrected chi connectivity index (χ0v) is 9.98. The number of halogens is 1. The minimum Gasteiger partial charge on any atom is -0.309 e. The van der Waals surface area contributed by atoms with Crippen LogP contribution >= 0.6 is 11.6 Å². The van der Waals surface area contributed by atoms with Gasteiger partial charge in [0.25, 0.3) is 0 Å². The largest absolute Gasteiger partial charge is 0.309 e. The van der Waals surface area contributed by atoms with E-state index in [-0.39, 0.29) is 0 Å². The number of alkyl halides is 1. The summed E-state index contributed by atoms with van der Waals surface area (Å²) in [4.78, 5) is 4.61. The molecule has 3 heteroatoms. The van der Waals surface area contributed by atoms with Crippen molar-refractivity contribution in [3.05, 3.63) is 0 Å². The lowest BCUT2D eigenvalue weighted by Crippen LogP contribution is -2.24. The van der Waals surface area contributed by atoms with Crippen LogP contribution in [0.4, 0.5) is 0 Å². The first kappa shape index (κ1) is 13.2. The monoisotopic (exact) mass is 206 g/mol. The summed E-state index contributed by atoms with van der Waals surface area (Å²) >= 11 is 5.61. The molecule has 0 heterocycles. The van der Waals surface area contributed by atoms with Crippen LogP contribution in [0.15, 0.2) is 0 Å². The van der Waals surface area contributed by atoms with E-state index in [0.29, 0.717) is 0 Å². The van der Waals surface area contributed by atoms with Crippen LogP contribution in [0.25, 0.3) is 0 Å². The average molecular weight is 207 g/mol. The Bertz CT molecular complexity index is 107. The second-order valence-electron chi connectivity index (χ2n) is 3.86. The first-order valence-corrected chi connectivity index (χ1v) is 5.59. The zero-order valence-electron chi connectivity index (χ0n) is 9.22. The first-order valence-electron chi connectivity index (χ1n) is 5.06. The summed E-state index contributed by atoms with van der Waals surface area (Å²) in [5.41, 5.74) is 0. The van der Waals surface area contributed by atoms with Crippen LogP contribution in [-0.4, -0.2) is 56.5 Å². The van der Waals surface area contributed by atoms with E-state index in [4.69, 9.17) is 11.6 Å². The Hall–Kier alpha value is 0.210. The molecule has 0 rings (SSSR count). The van der Waals surface area contributed by atoms with Crippen molar-refractivity contribution in [1.29, 1.82) is 0 Å². The molecule has 0 aromatic rings. The SMILES string of the molecule is CN(C)CCCN(C)CCCCCl. The number of rotatable bonds is 8. The summed E-state index contributed by atoms with van der Waals surface area (Å²) in [5, 5.41) is 0. The smallest absolute Gasteiger partial charge is 0.0223 e. The van der Waals surface area contributed by atoms with Crippen LogP contribution in [0, 0.1) is 0 Å². The van der Waals surface area contributed by atoms with Crippen LogP contribution in [0.2, 0.25) is 0 Å². The summed E-state index contributed by atoms with van der Waals surface area (Å²) < 4.78 is 0. The number of unbranched alkanes of at least 4 members (excludes halogenated alkanes) is 1. The molecule has 0 aromatic heterocycles. The molecule has 0 radical (unpaired) electrons. The molecule has 0 atom stereocenters. The molecule has 0 N–H and O–H groups in total. The highest BCUT2D eigenvalue weighted by molar-refractivity contribution is 6.17. The highest BCUT2D eigenvalue weighted by atomic mass is 35.5. The Balaban J connectivity index is 3.15. The zero-order chi connectivity index (χ0) is 10.1. The van der Waals surface area contributed by atoms with E-state index in [1.54, 1.807) is 0 Å². The highest BCUT2D eigenvalue weighted by Crippen LogP contribution is 1.96. The van der Waals surface area contributed by atoms with Gasteiger partial charge in [0, 0.05) is 5.88 Å². The van der Waals surface area contributed by atoms with Gasteiger partial charge >= 0.3 is 0 Å². The van der Waals surface area contributed by atoms with Crippen molar-refractivity contribution >= 4 is 11.6 Å². The fourth-order valence-corrected chi connectivity index (χ4v) is 1.43. The summed E-state index contributed by atoms with van der Waals surface area (Å²) in [6, 6.07) is 0. The van der Waals surface area contributed by atoms with Crippen molar-refractivity contribution in [2.45, 2.75) is 19.3 Å². The van der Waals surface area contributed by atoms with Gasteiger partial charge in [0.05, 0.1) is 0 Å². The van der Waals surface area contributed by atoms with Gasteiger partial charge in [-0.1, -0.05) is 0 Å². The Labute approximate surface area is 87.8 Å². The third kappa shape index (κ3) is 10.1. The maximum Gasteiger partial charge on any atom is 0.0223 e. The van der Waals surface area contributed by atoms with E-state index in [1.807, 2.05) is 0 Å². The number of hydrogen-bond donors (Lipinski definition) is 0. The van der Waals surface area contributed by atoms with E-state index in [9.17, 15) is 0 Å². The minimum atomic E-state index is 0.797. The number of hydrogen-bond acceptors (Lipinski definition) is 2. The van der Waals surface area contributed by atoms with Gasteiger partial charge in [-0.05, 0) is 60.0 Å². The molecule has 0 saturated carbocycles. The number of nitrogens with zero attached hydrogens (tertiary/aromatic N) is 2. The molecule has 0 fully saturated rings.